The normalized spacial score (nSPS) is 18.3. The van der Waals surface area contributed by atoms with Crippen LogP contribution in [0.25, 0.3) is 11.4 Å². The Morgan fingerprint density at radius 1 is 1.19 bits per heavy atom. The summed E-state index contributed by atoms with van der Waals surface area (Å²) in [6, 6.07) is 10.1. The Hall–Kier alpha value is -3.52. The van der Waals surface area contributed by atoms with E-state index in [9.17, 15) is 19.1 Å². The highest BCUT2D eigenvalue weighted by Crippen LogP contribution is 2.40. The van der Waals surface area contributed by atoms with E-state index in [-0.39, 0.29) is 17.9 Å². The smallest absolute Gasteiger partial charge is 0.295 e. The monoisotopic (exact) mass is 423 g/mol. The third-order valence-electron chi connectivity index (χ3n) is 5.40. The minimum atomic E-state index is -0.842. The van der Waals surface area contributed by atoms with Gasteiger partial charge in [0, 0.05) is 26.5 Å². The van der Waals surface area contributed by atoms with E-state index in [1.807, 2.05) is 6.07 Å². The van der Waals surface area contributed by atoms with Gasteiger partial charge in [0.1, 0.15) is 17.2 Å². The van der Waals surface area contributed by atoms with Gasteiger partial charge in [-0.3, -0.25) is 14.0 Å². The minimum Gasteiger partial charge on any atom is -0.505 e. The number of amides is 1. The number of hydrogen-bond acceptors (Lipinski definition) is 5. The second-order valence-electron chi connectivity index (χ2n) is 7.37. The van der Waals surface area contributed by atoms with E-state index in [1.165, 1.54) is 29.2 Å². The minimum absolute atomic E-state index is 0.0391. The molecule has 7 nitrogen and oxygen atoms in total. The van der Waals surface area contributed by atoms with Crippen molar-refractivity contribution in [3.63, 3.8) is 0 Å². The van der Waals surface area contributed by atoms with Crippen LogP contribution in [0.15, 0.2) is 54.2 Å². The van der Waals surface area contributed by atoms with Crippen molar-refractivity contribution in [2.45, 2.75) is 19.4 Å². The predicted octanol–water partition coefficient (Wildman–Crippen LogP) is 3.24. The second-order valence-corrected chi connectivity index (χ2v) is 7.37. The molecule has 3 heterocycles. The van der Waals surface area contributed by atoms with E-state index >= 15 is 0 Å². The molecule has 1 saturated heterocycles. The lowest BCUT2D eigenvalue weighted by atomic mass is 9.96. The lowest BCUT2D eigenvalue weighted by molar-refractivity contribution is -0.140. The number of likely N-dealkylation sites (tertiary alicyclic amines) is 1. The number of methoxy groups -OCH3 is 1. The summed E-state index contributed by atoms with van der Waals surface area (Å²) in [4.78, 5) is 31.7. The molecule has 3 aromatic rings. The van der Waals surface area contributed by atoms with Crippen LogP contribution in [-0.4, -0.2) is 51.3 Å². The summed E-state index contributed by atoms with van der Waals surface area (Å²) in [6.45, 7) is 2.39. The van der Waals surface area contributed by atoms with Gasteiger partial charge < -0.3 is 14.7 Å². The van der Waals surface area contributed by atoms with Crippen molar-refractivity contribution in [1.29, 1.82) is 0 Å². The van der Waals surface area contributed by atoms with Crippen LogP contribution in [0.1, 0.15) is 29.4 Å². The van der Waals surface area contributed by atoms with Crippen molar-refractivity contribution in [2.24, 2.45) is 0 Å². The fourth-order valence-corrected chi connectivity index (χ4v) is 4.01. The molecule has 1 aliphatic heterocycles. The Morgan fingerprint density at radius 3 is 2.65 bits per heavy atom. The van der Waals surface area contributed by atoms with Crippen LogP contribution in [0.2, 0.25) is 0 Å². The number of carbonyl (C=O) groups excluding carboxylic acids is 2. The van der Waals surface area contributed by atoms with Gasteiger partial charge in [0.2, 0.25) is 0 Å². The Morgan fingerprint density at radius 2 is 1.94 bits per heavy atom. The predicted molar refractivity (Wildman–Crippen MR) is 112 cm³/mol. The second kappa shape index (κ2) is 8.31. The fourth-order valence-electron chi connectivity index (χ4n) is 4.01. The van der Waals surface area contributed by atoms with Gasteiger partial charge in [0.05, 0.1) is 17.3 Å². The summed E-state index contributed by atoms with van der Waals surface area (Å²) in [5.41, 5.74) is 1.97. The van der Waals surface area contributed by atoms with Crippen molar-refractivity contribution in [2.75, 3.05) is 20.3 Å². The van der Waals surface area contributed by atoms with E-state index in [1.54, 1.807) is 36.8 Å². The van der Waals surface area contributed by atoms with Crippen LogP contribution < -0.4 is 0 Å². The lowest BCUT2D eigenvalue weighted by Crippen LogP contribution is -2.31. The quantitative estimate of drug-likeness (QED) is 0.285. The molecule has 0 spiro atoms. The van der Waals surface area contributed by atoms with Crippen LogP contribution >= 0.6 is 0 Å². The molecule has 1 fully saturated rings. The van der Waals surface area contributed by atoms with Crippen molar-refractivity contribution in [1.82, 2.24) is 14.3 Å². The lowest BCUT2D eigenvalue weighted by Gasteiger charge is -2.25. The molecule has 1 N–H and O–H groups in total. The number of imidazole rings is 1. The Bertz CT molecular complexity index is 1180. The number of halogens is 1. The number of aryl methyl sites for hydroxylation is 1. The van der Waals surface area contributed by atoms with Crippen molar-refractivity contribution < 1.29 is 23.8 Å². The molecule has 31 heavy (non-hydrogen) atoms. The summed E-state index contributed by atoms with van der Waals surface area (Å²) in [5.74, 6) is -2.23. The van der Waals surface area contributed by atoms with E-state index in [0.717, 1.165) is 0 Å². The summed E-state index contributed by atoms with van der Waals surface area (Å²) in [7, 11) is 1.55. The molecule has 2 aromatic heterocycles. The molecule has 0 radical (unpaired) electrons. The molecule has 0 aliphatic carbocycles. The molecular formula is C23H22FN3O4. The number of ketones is 1. The van der Waals surface area contributed by atoms with Gasteiger partial charge in [-0.2, -0.15) is 0 Å². The van der Waals surface area contributed by atoms with Crippen LogP contribution in [0.3, 0.4) is 0 Å². The first-order chi connectivity index (χ1) is 14.9. The van der Waals surface area contributed by atoms with Crippen LogP contribution in [-0.2, 0) is 14.3 Å². The first-order valence-corrected chi connectivity index (χ1v) is 9.91. The maximum Gasteiger partial charge on any atom is 0.295 e. The number of aliphatic hydroxyl groups is 1. The molecule has 1 amide bonds. The average molecular weight is 423 g/mol. The van der Waals surface area contributed by atoms with E-state index in [2.05, 4.69) is 4.98 Å². The molecule has 0 saturated carbocycles. The van der Waals surface area contributed by atoms with Gasteiger partial charge in [-0.15, -0.1) is 0 Å². The highest BCUT2D eigenvalue weighted by atomic mass is 19.1. The Balaban J connectivity index is 1.90. The van der Waals surface area contributed by atoms with Gasteiger partial charge in [-0.1, -0.05) is 18.2 Å². The van der Waals surface area contributed by atoms with Gasteiger partial charge in [0.25, 0.3) is 11.7 Å². The largest absolute Gasteiger partial charge is 0.505 e. The fraction of sp³-hybridized carbons (Fsp3) is 0.261. The number of aromatic nitrogens is 2. The van der Waals surface area contributed by atoms with E-state index in [4.69, 9.17) is 4.74 Å². The van der Waals surface area contributed by atoms with Gasteiger partial charge in [-0.25, -0.2) is 9.37 Å². The number of pyridine rings is 1. The SMILES string of the molecule is COCCCN1C(=O)C(=O)C(=C(O)c2c(C)nc3ccccn23)C1c1ccc(F)cc1. The van der Waals surface area contributed by atoms with Crippen molar-refractivity contribution in [3.05, 3.63) is 77.0 Å². The summed E-state index contributed by atoms with van der Waals surface area (Å²) < 4.78 is 20.3. The maximum absolute atomic E-state index is 13.5. The third kappa shape index (κ3) is 3.59. The number of Topliss-reactive ketones (excluding diaryl/α,β-unsaturated/α-hetero) is 1. The average Bonchev–Trinajstić information content (AvgIpc) is 3.22. The number of nitrogens with zero attached hydrogens (tertiary/aromatic N) is 3. The number of aliphatic hydroxyl groups excluding tert-OH is 1. The molecule has 8 heteroatoms. The first kappa shape index (κ1) is 20.7. The molecule has 4 rings (SSSR count). The number of rotatable bonds is 6. The molecule has 160 valence electrons. The molecule has 1 unspecified atom stereocenters. The highest BCUT2D eigenvalue weighted by Gasteiger charge is 2.46. The zero-order chi connectivity index (χ0) is 22.1. The van der Waals surface area contributed by atoms with Crippen LogP contribution in [0.4, 0.5) is 4.39 Å². The van der Waals surface area contributed by atoms with Gasteiger partial charge >= 0.3 is 0 Å². The summed E-state index contributed by atoms with van der Waals surface area (Å²) >= 11 is 0. The Kier molecular flexibility index (Phi) is 5.56. The Labute approximate surface area is 178 Å². The van der Waals surface area contributed by atoms with Crippen LogP contribution in [0, 0.1) is 12.7 Å². The molecule has 1 aromatic carbocycles. The van der Waals surface area contributed by atoms with E-state index in [0.29, 0.717) is 35.6 Å². The summed E-state index contributed by atoms with van der Waals surface area (Å²) in [6.07, 6.45) is 2.24. The number of benzene rings is 1. The number of carbonyl (C=O) groups is 2. The zero-order valence-corrected chi connectivity index (χ0v) is 17.2. The van der Waals surface area contributed by atoms with Crippen molar-refractivity contribution >= 4 is 23.1 Å². The highest BCUT2D eigenvalue weighted by molar-refractivity contribution is 6.46. The van der Waals surface area contributed by atoms with Crippen molar-refractivity contribution in [3.8, 4) is 0 Å². The molecule has 0 bridgehead atoms. The molecular weight excluding hydrogens is 401 g/mol. The van der Waals surface area contributed by atoms with Gasteiger partial charge in [-0.05, 0) is 43.2 Å². The van der Waals surface area contributed by atoms with Crippen LogP contribution in [0.5, 0.6) is 0 Å². The zero-order valence-electron chi connectivity index (χ0n) is 17.2. The first-order valence-electron chi connectivity index (χ1n) is 9.91. The number of hydrogen-bond donors (Lipinski definition) is 1. The third-order valence-corrected chi connectivity index (χ3v) is 5.40. The maximum atomic E-state index is 13.5. The van der Waals surface area contributed by atoms with E-state index < -0.39 is 23.5 Å². The standard InChI is InChI=1S/C23H22FN3O4/c1-14-19(26-11-4-3-6-17(26)25-14)21(28)18-20(15-7-9-16(24)10-8-15)27(12-5-13-31-2)23(30)22(18)29/h3-4,6-11,20,28H,5,12-13H2,1-2H3. The number of fused-ring (bicyclic) bond motifs is 1. The molecule has 1 atom stereocenters. The molecule has 1 aliphatic rings. The number of ether oxygens (including phenoxy) is 1. The summed E-state index contributed by atoms with van der Waals surface area (Å²) in [5, 5.41) is 11.3. The topological polar surface area (TPSA) is 84.1 Å². The van der Waals surface area contributed by atoms with Gasteiger partial charge in [0.15, 0.2) is 5.76 Å².